The van der Waals surface area contributed by atoms with Crippen LogP contribution in [0.1, 0.15) is 38.3 Å². The van der Waals surface area contributed by atoms with Gasteiger partial charge >= 0.3 is 0 Å². The molecule has 2 aromatic heterocycles. The van der Waals surface area contributed by atoms with Crippen LogP contribution in [0.3, 0.4) is 0 Å². The third-order valence-corrected chi connectivity index (χ3v) is 5.10. The Hall–Kier alpha value is -3.00. The van der Waals surface area contributed by atoms with Gasteiger partial charge in [-0.15, -0.1) is 0 Å². The van der Waals surface area contributed by atoms with E-state index in [4.69, 9.17) is 4.74 Å². The Kier molecular flexibility index (Phi) is 5.44. The van der Waals surface area contributed by atoms with Crippen LogP contribution in [0.15, 0.2) is 41.3 Å². The van der Waals surface area contributed by atoms with E-state index in [0.29, 0.717) is 17.4 Å². The van der Waals surface area contributed by atoms with Gasteiger partial charge in [0.2, 0.25) is 5.91 Å². The molecule has 1 aromatic carbocycles. The molecule has 3 aromatic rings. The third kappa shape index (κ3) is 3.93. The molecule has 1 amide bonds. The van der Waals surface area contributed by atoms with Gasteiger partial charge in [-0.25, -0.2) is 9.36 Å². The Morgan fingerprint density at radius 2 is 2.10 bits per heavy atom. The van der Waals surface area contributed by atoms with Crippen LogP contribution in [-0.4, -0.2) is 44.7 Å². The lowest BCUT2D eigenvalue weighted by molar-refractivity contribution is -0.122. The van der Waals surface area contributed by atoms with E-state index in [1.807, 2.05) is 44.2 Å². The molecule has 1 N–H and O–H groups in total. The fourth-order valence-corrected chi connectivity index (χ4v) is 3.62. The van der Waals surface area contributed by atoms with Crippen molar-refractivity contribution in [3.8, 4) is 5.69 Å². The van der Waals surface area contributed by atoms with Crippen LogP contribution >= 0.6 is 0 Å². The van der Waals surface area contributed by atoms with Crippen molar-refractivity contribution < 1.29 is 9.53 Å². The molecule has 1 saturated heterocycles. The van der Waals surface area contributed by atoms with E-state index in [2.05, 4.69) is 15.5 Å². The number of carbonyl (C=O) groups is 1. The second-order valence-electron chi connectivity index (χ2n) is 7.60. The number of amides is 1. The largest absolute Gasteiger partial charge is 0.376 e. The van der Waals surface area contributed by atoms with Crippen molar-refractivity contribution in [3.63, 3.8) is 0 Å². The molecular weight excluding hydrogens is 370 g/mol. The van der Waals surface area contributed by atoms with Crippen LogP contribution in [0.2, 0.25) is 0 Å². The van der Waals surface area contributed by atoms with Crippen molar-refractivity contribution in [3.05, 3.63) is 52.6 Å². The van der Waals surface area contributed by atoms with E-state index in [1.54, 1.807) is 10.9 Å². The standard InChI is InChI=1S/C21H25N5O3/c1-14(2)19-17-12-23-26(15-7-4-3-5-8-15)20(17)21(28)25(24-19)13-18(27)22-11-16-9-6-10-29-16/h3-5,7-8,12,14,16H,6,9-11,13H2,1-2H3,(H,22,27)/t16-/m0/s1. The topological polar surface area (TPSA) is 91.0 Å². The number of hydrogen-bond acceptors (Lipinski definition) is 5. The Morgan fingerprint density at radius 3 is 2.79 bits per heavy atom. The maximum absolute atomic E-state index is 13.2. The summed E-state index contributed by atoms with van der Waals surface area (Å²) in [4.78, 5) is 25.6. The first-order chi connectivity index (χ1) is 14.0. The maximum atomic E-state index is 13.2. The number of para-hydroxylation sites is 1. The smallest absolute Gasteiger partial charge is 0.293 e. The lowest BCUT2D eigenvalue weighted by Crippen LogP contribution is -2.38. The molecule has 1 aliphatic rings. The first kappa shape index (κ1) is 19.3. The minimum Gasteiger partial charge on any atom is -0.376 e. The number of fused-ring (bicyclic) bond motifs is 1. The molecular formula is C21H25N5O3. The fourth-order valence-electron chi connectivity index (χ4n) is 3.62. The van der Waals surface area contributed by atoms with Gasteiger partial charge in [0.15, 0.2) is 0 Å². The van der Waals surface area contributed by atoms with Crippen LogP contribution in [-0.2, 0) is 16.1 Å². The van der Waals surface area contributed by atoms with Gasteiger partial charge in [0.1, 0.15) is 12.1 Å². The Morgan fingerprint density at radius 1 is 1.31 bits per heavy atom. The summed E-state index contributed by atoms with van der Waals surface area (Å²) in [6.45, 7) is 5.07. The normalized spacial score (nSPS) is 16.6. The number of ether oxygens (including phenoxy) is 1. The molecule has 0 saturated carbocycles. The number of rotatable bonds is 6. The van der Waals surface area contributed by atoms with E-state index in [1.165, 1.54) is 4.68 Å². The molecule has 29 heavy (non-hydrogen) atoms. The molecule has 8 heteroatoms. The summed E-state index contributed by atoms with van der Waals surface area (Å²) < 4.78 is 8.39. The van der Waals surface area contributed by atoms with Crippen molar-refractivity contribution in [2.75, 3.05) is 13.2 Å². The highest BCUT2D eigenvalue weighted by Crippen LogP contribution is 2.22. The Labute approximate surface area is 168 Å². The highest BCUT2D eigenvalue weighted by atomic mass is 16.5. The number of aromatic nitrogens is 4. The van der Waals surface area contributed by atoms with E-state index < -0.39 is 0 Å². The van der Waals surface area contributed by atoms with Crippen LogP contribution in [0.25, 0.3) is 16.6 Å². The predicted molar refractivity (Wildman–Crippen MR) is 109 cm³/mol. The second kappa shape index (κ2) is 8.16. The average Bonchev–Trinajstić information content (AvgIpc) is 3.39. The quantitative estimate of drug-likeness (QED) is 0.689. The van der Waals surface area contributed by atoms with Crippen molar-refractivity contribution in [2.45, 2.75) is 45.3 Å². The molecule has 0 bridgehead atoms. The van der Waals surface area contributed by atoms with Crippen LogP contribution < -0.4 is 10.9 Å². The number of nitrogens with zero attached hydrogens (tertiary/aromatic N) is 4. The first-order valence-electron chi connectivity index (χ1n) is 9.97. The highest BCUT2D eigenvalue weighted by molar-refractivity contribution is 5.82. The van der Waals surface area contributed by atoms with E-state index >= 15 is 0 Å². The van der Waals surface area contributed by atoms with E-state index in [-0.39, 0.29) is 30.0 Å². The zero-order chi connectivity index (χ0) is 20.4. The summed E-state index contributed by atoms with van der Waals surface area (Å²) in [6, 6.07) is 9.47. The van der Waals surface area contributed by atoms with E-state index in [9.17, 15) is 9.59 Å². The average molecular weight is 395 g/mol. The Balaban J connectivity index is 1.69. The van der Waals surface area contributed by atoms with Gasteiger partial charge in [0.05, 0.1) is 23.7 Å². The molecule has 8 nitrogen and oxygen atoms in total. The van der Waals surface area contributed by atoms with Gasteiger partial charge in [-0.3, -0.25) is 9.59 Å². The highest BCUT2D eigenvalue weighted by Gasteiger charge is 2.21. The fraction of sp³-hybridized carbons (Fsp3) is 0.429. The molecule has 0 spiro atoms. The molecule has 1 fully saturated rings. The van der Waals surface area contributed by atoms with Crippen LogP contribution in [0, 0.1) is 0 Å². The van der Waals surface area contributed by atoms with Crippen molar-refractivity contribution in [1.29, 1.82) is 0 Å². The van der Waals surface area contributed by atoms with Gasteiger partial charge in [0, 0.05) is 18.5 Å². The SMILES string of the molecule is CC(C)c1nn(CC(=O)NC[C@@H]2CCCO2)c(=O)c2c1cnn2-c1ccccc1. The van der Waals surface area contributed by atoms with E-state index in [0.717, 1.165) is 30.8 Å². The van der Waals surface area contributed by atoms with Gasteiger partial charge < -0.3 is 10.1 Å². The summed E-state index contributed by atoms with van der Waals surface area (Å²) in [7, 11) is 0. The molecule has 4 rings (SSSR count). The third-order valence-electron chi connectivity index (χ3n) is 5.10. The lowest BCUT2D eigenvalue weighted by atomic mass is 10.1. The lowest BCUT2D eigenvalue weighted by Gasteiger charge is -2.13. The van der Waals surface area contributed by atoms with Crippen molar-refractivity contribution in [1.82, 2.24) is 24.9 Å². The Bertz CT molecular complexity index is 1070. The van der Waals surface area contributed by atoms with Crippen LogP contribution in [0.4, 0.5) is 0 Å². The summed E-state index contributed by atoms with van der Waals surface area (Å²) >= 11 is 0. The zero-order valence-electron chi connectivity index (χ0n) is 16.7. The van der Waals surface area contributed by atoms with Gasteiger partial charge in [-0.1, -0.05) is 32.0 Å². The van der Waals surface area contributed by atoms with Gasteiger partial charge in [-0.05, 0) is 30.9 Å². The molecule has 1 atom stereocenters. The predicted octanol–water partition coefficient (Wildman–Crippen LogP) is 2.00. The summed E-state index contributed by atoms with van der Waals surface area (Å²) in [6.07, 6.45) is 3.68. The molecule has 0 aliphatic carbocycles. The zero-order valence-corrected chi connectivity index (χ0v) is 16.7. The molecule has 152 valence electrons. The molecule has 0 radical (unpaired) electrons. The minimum atomic E-state index is -0.335. The number of hydrogen-bond donors (Lipinski definition) is 1. The summed E-state index contributed by atoms with van der Waals surface area (Å²) in [5.74, 6) is -0.178. The number of carbonyl (C=O) groups excluding carboxylic acids is 1. The van der Waals surface area contributed by atoms with Gasteiger partial charge in [-0.2, -0.15) is 10.2 Å². The first-order valence-corrected chi connectivity index (χ1v) is 9.97. The van der Waals surface area contributed by atoms with Crippen molar-refractivity contribution >= 4 is 16.8 Å². The number of nitrogens with one attached hydrogen (secondary N) is 1. The second-order valence-corrected chi connectivity index (χ2v) is 7.60. The summed E-state index contributed by atoms with van der Waals surface area (Å²) in [5.41, 5.74) is 1.63. The van der Waals surface area contributed by atoms with Crippen LogP contribution in [0.5, 0.6) is 0 Å². The molecule has 1 aliphatic heterocycles. The summed E-state index contributed by atoms with van der Waals surface area (Å²) in [5, 5.41) is 12.5. The minimum absolute atomic E-state index is 0.0526. The monoisotopic (exact) mass is 395 g/mol. The van der Waals surface area contributed by atoms with Gasteiger partial charge in [0.25, 0.3) is 5.56 Å². The maximum Gasteiger partial charge on any atom is 0.293 e. The molecule has 3 heterocycles. The van der Waals surface area contributed by atoms with Crippen molar-refractivity contribution in [2.24, 2.45) is 0 Å². The molecule has 0 unspecified atom stereocenters. The number of benzene rings is 1.